The fourth-order valence-corrected chi connectivity index (χ4v) is 3.56. The van der Waals surface area contributed by atoms with Crippen LogP contribution in [0.4, 0.5) is 5.69 Å². The Morgan fingerprint density at radius 2 is 2.10 bits per heavy atom. The smallest absolute Gasteiger partial charge is 0.286 e. The molecule has 2 amide bonds. The molecule has 1 fully saturated rings. The van der Waals surface area contributed by atoms with Crippen LogP contribution in [0.2, 0.25) is 0 Å². The van der Waals surface area contributed by atoms with Crippen LogP contribution < -0.4 is 15.4 Å². The van der Waals surface area contributed by atoms with Crippen LogP contribution in [0, 0.1) is 0 Å². The highest BCUT2D eigenvalue weighted by atomic mass is 16.6. The lowest BCUT2D eigenvalue weighted by molar-refractivity contribution is -0.118. The fraction of sp³-hybridized carbons (Fsp3) is 0.400. The van der Waals surface area contributed by atoms with Gasteiger partial charge in [-0.15, -0.1) is 0 Å². The van der Waals surface area contributed by atoms with E-state index in [0.717, 1.165) is 29.1 Å². The van der Waals surface area contributed by atoms with E-state index in [4.69, 9.17) is 19.9 Å². The van der Waals surface area contributed by atoms with Gasteiger partial charge in [0.15, 0.2) is 0 Å². The van der Waals surface area contributed by atoms with Crippen LogP contribution in [-0.4, -0.2) is 48.7 Å². The molecule has 5 rings (SSSR count). The first kappa shape index (κ1) is 19.3. The minimum atomic E-state index is -0.622. The van der Waals surface area contributed by atoms with E-state index in [-0.39, 0.29) is 11.7 Å². The maximum atomic E-state index is 11.4. The first-order chi connectivity index (χ1) is 14.0. The second kappa shape index (κ2) is 7.76. The maximum absolute atomic E-state index is 11.4. The van der Waals surface area contributed by atoms with Crippen LogP contribution in [0.15, 0.2) is 30.5 Å². The van der Waals surface area contributed by atoms with Gasteiger partial charge >= 0.3 is 0 Å². The molecule has 0 saturated carbocycles. The molecule has 0 radical (unpaired) electrons. The summed E-state index contributed by atoms with van der Waals surface area (Å²) >= 11 is 0. The van der Waals surface area contributed by atoms with Gasteiger partial charge < -0.3 is 24.8 Å². The van der Waals surface area contributed by atoms with E-state index in [1.807, 2.05) is 24.3 Å². The van der Waals surface area contributed by atoms with Crippen molar-refractivity contribution in [2.24, 2.45) is 5.73 Å². The minimum absolute atomic E-state index is 0.0375. The Labute approximate surface area is 167 Å². The zero-order chi connectivity index (χ0) is 20.4. The van der Waals surface area contributed by atoms with Crippen molar-refractivity contribution >= 4 is 17.5 Å². The van der Waals surface area contributed by atoms with Gasteiger partial charge in [-0.3, -0.25) is 9.59 Å². The van der Waals surface area contributed by atoms with Crippen molar-refractivity contribution in [2.75, 3.05) is 31.8 Å². The van der Waals surface area contributed by atoms with Crippen LogP contribution in [-0.2, 0) is 26.5 Å². The summed E-state index contributed by atoms with van der Waals surface area (Å²) in [4.78, 5) is 32.2. The number of rotatable bonds is 1. The third kappa shape index (κ3) is 3.66. The first-order valence-corrected chi connectivity index (χ1v) is 9.36. The number of hydrogen-bond donors (Lipinski definition) is 1. The largest absolute Gasteiger partial charge is 0.491 e. The topological polar surface area (TPSA) is 117 Å². The van der Waals surface area contributed by atoms with Gasteiger partial charge in [0.1, 0.15) is 11.4 Å². The molecule has 3 aliphatic rings. The summed E-state index contributed by atoms with van der Waals surface area (Å²) in [7, 11) is 1.77. The Morgan fingerprint density at radius 3 is 2.86 bits per heavy atom. The number of nitrogens with zero attached hydrogens (tertiary/aromatic N) is 3. The Bertz CT molecular complexity index is 942. The Kier molecular flexibility index (Phi) is 5.16. The molecule has 2 N–H and O–H groups in total. The number of amides is 2. The lowest BCUT2D eigenvalue weighted by atomic mass is 9.98. The van der Waals surface area contributed by atoms with E-state index >= 15 is 0 Å². The zero-order valence-electron chi connectivity index (χ0n) is 16.1. The van der Waals surface area contributed by atoms with Crippen molar-refractivity contribution in [1.29, 1.82) is 0 Å². The van der Waals surface area contributed by atoms with E-state index < -0.39 is 11.5 Å². The molecule has 2 aromatic rings. The zero-order valence-corrected chi connectivity index (χ0v) is 16.1. The number of anilines is 1. The molecular formula is C20H22N4O5. The molecule has 1 aromatic heterocycles. The lowest BCUT2D eigenvalue weighted by Gasteiger charge is -2.20. The minimum Gasteiger partial charge on any atom is -0.491 e. The molecule has 29 heavy (non-hydrogen) atoms. The van der Waals surface area contributed by atoms with Gasteiger partial charge in [0.05, 0.1) is 37.6 Å². The van der Waals surface area contributed by atoms with Crippen molar-refractivity contribution in [3.63, 3.8) is 0 Å². The summed E-state index contributed by atoms with van der Waals surface area (Å²) in [6.45, 7) is 2.07. The van der Waals surface area contributed by atoms with E-state index in [1.165, 1.54) is 0 Å². The number of benzene rings is 1. The highest BCUT2D eigenvalue weighted by Gasteiger charge is 2.45. The summed E-state index contributed by atoms with van der Waals surface area (Å²) < 4.78 is 16.5. The monoisotopic (exact) mass is 398 g/mol. The summed E-state index contributed by atoms with van der Waals surface area (Å²) in [5.41, 5.74) is 7.20. The predicted molar refractivity (Wildman–Crippen MR) is 102 cm³/mol. The van der Waals surface area contributed by atoms with Gasteiger partial charge in [0, 0.05) is 31.8 Å². The molecule has 1 saturated heterocycles. The number of nitrogens with two attached hydrogens (primary N) is 1. The van der Waals surface area contributed by atoms with Crippen LogP contribution >= 0.6 is 0 Å². The second-order valence-corrected chi connectivity index (χ2v) is 7.04. The van der Waals surface area contributed by atoms with E-state index in [0.29, 0.717) is 32.8 Å². The number of carbonyl (C=O) groups is 2. The summed E-state index contributed by atoms with van der Waals surface area (Å²) in [6, 6.07) is 7.57. The molecule has 0 bridgehead atoms. The number of ether oxygens (including phenoxy) is 3. The van der Waals surface area contributed by atoms with Crippen LogP contribution in [0.25, 0.3) is 0 Å². The molecule has 3 aliphatic heterocycles. The average molecular weight is 398 g/mol. The highest BCUT2D eigenvalue weighted by molar-refractivity contribution is 5.95. The first-order valence-electron chi connectivity index (χ1n) is 9.36. The van der Waals surface area contributed by atoms with Crippen molar-refractivity contribution in [3.05, 3.63) is 47.5 Å². The predicted octanol–water partition coefficient (Wildman–Crippen LogP) is 1.15. The third-order valence-corrected chi connectivity index (χ3v) is 5.18. The molecule has 9 heteroatoms. The molecule has 9 nitrogen and oxygen atoms in total. The molecule has 152 valence electrons. The Balaban J connectivity index is 0.000000145. The van der Waals surface area contributed by atoms with Crippen LogP contribution in [0.1, 0.15) is 34.7 Å². The molecule has 1 spiro atoms. The maximum Gasteiger partial charge on any atom is 0.286 e. The Hall–Kier alpha value is -3.04. The molecule has 4 heterocycles. The molecule has 1 aromatic carbocycles. The van der Waals surface area contributed by atoms with Crippen molar-refractivity contribution in [3.8, 4) is 5.75 Å². The van der Waals surface area contributed by atoms with E-state index in [2.05, 4.69) is 9.97 Å². The number of carbonyl (C=O) groups excluding carboxylic acids is 2. The summed E-state index contributed by atoms with van der Waals surface area (Å²) in [6.07, 6.45) is 2.82. The van der Waals surface area contributed by atoms with Crippen molar-refractivity contribution < 1.29 is 23.8 Å². The number of hydrogen-bond acceptors (Lipinski definition) is 7. The average Bonchev–Trinajstić information content (AvgIpc) is 3.32. The number of fused-ring (bicyclic) bond motifs is 3. The van der Waals surface area contributed by atoms with E-state index in [1.54, 1.807) is 18.1 Å². The van der Waals surface area contributed by atoms with Gasteiger partial charge in [-0.25, -0.2) is 9.97 Å². The molecular weight excluding hydrogens is 376 g/mol. The number of primary amides is 1. The van der Waals surface area contributed by atoms with Gasteiger partial charge in [-0.05, 0) is 12.1 Å². The van der Waals surface area contributed by atoms with Gasteiger partial charge in [0.2, 0.25) is 11.7 Å². The summed E-state index contributed by atoms with van der Waals surface area (Å²) in [5, 5.41) is 0. The fourth-order valence-electron chi connectivity index (χ4n) is 3.56. The number of para-hydroxylation sites is 2. The highest BCUT2D eigenvalue weighted by Crippen LogP contribution is 2.40. The molecule has 1 unspecified atom stereocenters. The van der Waals surface area contributed by atoms with Crippen LogP contribution in [0.5, 0.6) is 5.75 Å². The quantitative estimate of drug-likeness (QED) is 0.766. The Morgan fingerprint density at radius 1 is 1.28 bits per heavy atom. The molecule has 1 atom stereocenters. The normalized spacial score (nSPS) is 22.2. The number of aromatic nitrogens is 2. The molecule has 0 aliphatic carbocycles. The SMILES string of the molecule is CN1C(=O)CCOc2ccccc21.NC(=O)c1ncc2c(n1)C1(CCOC1)OC2. The third-order valence-electron chi connectivity index (χ3n) is 5.18. The van der Waals surface area contributed by atoms with Crippen molar-refractivity contribution in [2.45, 2.75) is 25.0 Å². The standard InChI is InChI=1S/C10H11N3O3.C10H11NO2/c11-8(14)9-12-3-6-4-16-10(7(6)13-9)1-2-15-5-10;1-11-8-4-2-3-5-9(8)13-7-6-10(11)12/h3H,1-2,4-5H2,(H2,11,14);2-5H,6-7H2,1H3. The van der Waals surface area contributed by atoms with Gasteiger partial charge in [0.25, 0.3) is 5.91 Å². The lowest BCUT2D eigenvalue weighted by Crippen LogP contribution is -2.28. The summed E-state index contributed by atoms with van der Waals surface area (Å²) in [5.74, 6) is 0.306. The van der Waals surface area contributed by atoms with E-state index in [9.17, 15) is 9.59 Å². The van der Waals surface area contributed by atoms with Gasteiger partial charge in [-0.2, -0.15) is 0 Å². The van der Waals surface area contributed by atoms with Crippen LogP contribution in [0.3, 0.4) is 0 Å². The second-order valence-electron chi connectivity index (χ2n) is 7.04. The van der Waals surface area contributed by atoms with Crippen molar-refractivity contribution in [1.82, 2.24) is 9.97 Å². The van der Waals surface area contributed by atoms with Gasteiger partial charge in [-0.1, -0.05) is 12.1 Å².